The van der Waals surface area contributed by atoms with Gasteiger partial charge >= 0.3 is 17.9 Å². The third kappa shape index (κ3) is 54.8. The molecule has 0 aliphatic rings. The Labute approximate surface area is 740 Å². The average molecular weight is 1740 g/mol. The molecule has 0 saturated heterocycles. The van der Waals surface area contributed by atoms with E-state index in [0.717, 1.165) is 118 Å². The first-order valence-electron chi connectivity index (χ1n) is 42.6. The number of esters is 2. The number of hydrogen-bond acceptors (Lipinski definition) is 8. The molecule has 9 N–H and O–H groups in total. The molecule has 12 aromatic rings. The van der Waals surface area contributed by atoms with Gasteiger partial charge in [0.2, 0.25) is 0 Å². The van der Waals surface area contributed by atoms with Crippen LogP contribution in [0.2, 0.25) is 0 Å². The second kappa shape index (κ2) is 86.3. The number of nitrogens with one attached hydrogen (secondary N) is 2. The maximum Gasteiger partial charge on any atom is 0.330 e. The molecule has 0 radical (unpaired) electrons. The number of ether oxygens (including phenoxy) is 2. The highest BCUT2D eigenvalue weighted by Crippen LogP contribution is 2.33. The highest BCUT2D eigenvalue weighted by molar-refractivity contribution is 14.1. The van der Waals surface area contributed by atoms with Gasteiger partial charge in [-0.25, -0.2) is 9.59 Å². The number of rotatable bonds is 14. The van der Waals surface area contributed by atoms with Crippen LogP contribution in [0.4, 0.5) is 17.1 Å². The van der Waals surface area contributed by atoms with E-state index in [1.165, 1.54) is 17.7 Å². The molecule has 0 saturated carbocycles. The molecular formula is C108H146IN5O6. The third-order valence-electron chi connectivity index (χ3n) is 14.3. The molecule has 0 spiro atoms. The van der Waals surface area contributed by atoms with Gasteiger partial charge in [-0.05, 0) is 144 Å². The second-order valence-corrected chi connectivity index (χ2v) is 23.0. The zero-order valence-electron chi connectivity index (χ0n) is 76.8. The van der Waals surface area contributed by atoms with Crippen molar-refractivity contribution in [1.29, 1.82) is 0 Å². The first kappa shape index (κ1) is 119. The van der Waals surface area contributed by atoms with E-state index >= 15 is 0 Å². The van der Waals surface area contributed by atoms with Crippen LogP contribution in [-0.2, 0) is 30.3 Å². The van der Waals surface area contributed by atoms with Crippen LogP contribution >= 0.6 is 22.6 Å². The summed E-state index contributed by atoms with van der Waals surface area (Å²) in [7, 11) is 0. The average Bonchev–Trinajstić information content (AvgIpc) is 1.65. The molecule has 11 nitrogen and oxygen atoms in total. The topological polar surface area (TPSA) is 200 Å². The Morgan fingerprint density at radius 2 is 0.783 bits per heavy atom. The molecule has 2 heterocycles. The normalized spacial score (nSPS) is 8.58. The maximum atomic E-state index is 11.9. The van der Waals surface area contributed by atoms with Crippen molar-refractivity contribution < 1.29 is 29.0 Å². The number of anilines is 3. The number of hydrogen-bond donors (Lipinski definition) is 6. The minimum Gasteiger partial charge on any atom is -0.481 e. The first-order chi connectivity index (χ1) is 58.7. The van der Waals surface area contributed by atoms with Crippen LogP contribution in [0.3, 0.4) is 0 Å². The van der Waals surface area contributed by atoms with Gasteiger partial charge in [-0.3, -0.25) is 4.79 Å². The Bertz CT molecular complexity index is 4570. The number of para-hydroxylation sites is 5. The lowest BCUT2D eigenvalue weighted by atomic mass is 10.0. The quantitative estimate of drug-likeness (QED) is 0.0153. The zero-order valence-corrected chi connectivity index (χ0v) is 79.0. The first-order valence-corrected chi connectivity index (χ1v) is 43.7. The fourth-order valence-electron chi connectivity index (χ4n) is 9.05. The van der Waals surface area contributed by atoms with E-state index in [9.17, 15) is 14.4 Å². The Hall–Kier alpha value is -12.0. The summed E-state index contributed by atoms with van der Waals surface area (Å²) in [6.45, 7) is 50.4. The summed E-state index contributed by atoms with van der Waals surface area (Å²) in [6.07, 6.45) is 19.3. The van der Waals surface area contributed by atoms with Crippen LogP contribution in [0.1, 0.15) is 223 Å². The number of aryl methyl sites for hydroxylation is 2. The van der Waals surface area contributed by atoms with Crippen molar-refractivity contribution >= 4 is 85.4 Å². The Morgan fingerprint density at radius 1 is 0.425 bits per heavy atom. The number of terminal acetylenes is 2. The number of carbonyl (C=O) groups excluding carboxylic acids is 2. The molecule has 0 atom stereocenters. The summed E-state index contributed by atoms with van der Waals surface area (Å²) in [5.41, 5.74) is 32.3. The number of fused-ring (bicyclic) bond motifs is 2. The summed E-state index contributed by atoms with van der Waals surface area (Å²) in [6, 6.07) is 88.7. The van der Waals surface area contributed by atoms with Gasteiger partial charge in [0.1, 0.15) is 0 Å². The zero-order chi connectivity index (χ0) is 92.0. The Morgan fingerprint density at radius 3 is 1.16 bits per heavy atom. The van der Waals surface area contributed by atoms with Crippen molar-refractivity contribution in [2.24, 2.45) is 0 Å². The lowest BCUT2D eigenvalue weighted by Gasteiger charge is -2.03. The maximum absolute atomic E-state index is 11.9. The molecule has 2 aromatic heterocycles. The van der Waals surface area contributed by atoms with Crippen molar-refractivity contribution in [3.05, 3.63) is 334 Å². The van der Waals surface area contributed by atoms with E-state index in [4.69, 9.17) is 39.9 Å². The van der Waals surface area contributed by atoms with Crippen LogP contribution in [0.5, 0.6) is 0 Å². The number of halogens is 1. The standard InChI is InChI=1S/C21H21NO2.C17H15NO2.C14H11N.C8H7N.C8H6.C7H12O2.C7H8.C6H6IN.10C2H6/c1-2-3-15-24-20(23)14-13-18-17-11-7-8-12-19(17)22-21(18)16-9-5-4-6-10-16;19-16(20)11-10-14-13-8-4-5-9-15(13)18-17(14)12-6-2-1-3-7-12;15-14-9-5-4-8-13(14)11-10-12-6-2-1-3-7-12;1-2-7-5-3-4-6-8(7)9;1-2-8-6-4-3-5-7-8;1-3-5-6-9-7(8)4-2;1-7-5-3-2-4-6-7;7-5-3-1-2-4-6(5)8;10*1-2/h4-14,22H,2-3,15H2,1H3;1-9,18H,10-11H2,(H,19,20);1-9H,15H2;1,3-6H,9H2;1,3-7H;4H,2-3,5-6H2,1H3;2-6H,1H3;1-4H,8H2;10*1-2H3/b14-13+;;;;;;;;;;;;;;;;;. The van der Waals surface area contributed by atoms with Crippen LogP contribution in [0.15, 0.2) is 292 Å². The Balaban J connectivity index is -0.000000309. The minimum absolute atomic E-state index is 0.141. The molecule has 0 aliphatic heterocycles. The molecule has 12 rings (SSSR count). The van der Waals surface area contributed by atoms with E-state index in [2.05, 4.69) is 112 Å². The molecule has 0 amide bonds. The van der Waals surface area contributed by atoms with E-state index in [-0.39, 0.29) is 18.4 Å². The summed E-state index contributed by atoms with van der Waals surface area (Å²) < 4.78 is 11.0. The fraction of sp³-hybridized carbons (Fsp3) is 0.287. The number of carboxylic acid groups (broad SMARTS) is 1. The van der Waals surface area contributed by atoms with Crippen molar-refractivity contribution in [3.63, 3.8) is 0 Å². The van der Waals surface area contributed by atoms with Crippen LogP contribution in [0.25, 0.3) is 50.4 Å². The van der Waals surface area contributed by atoms with Gasteiger partial charge in [-0.2, -0.15) is 0 Å². The van der Waals surface area contributed by atoms with E-state index < -0.39 is 5.97 Å². The summed E-state index contributed by atoms with van der Waals surface area (Å²) in [5, 5.41) is 11.1. The lowest BCUT2D eigenvalue weighted by molar-refractivity contribution is -0.138. The molecule has 0 unspecified atom stereocenters. The van der Waals surface area contributed by atoms with Gasteiger partial charge in [0.25, 0.3) is 0 Å². The van der Waals surface area contributed by atoms with Gasteiger partial charge in [0.05, 0.1) is 18.9 Å². The predicted molar refractivity (Wildman–Crippen MR) is 539 cm³/mol. The summed E-state index contributed by atoms with van der Waals surface area (Å²) in [4.78, 5) is 40.0. The molecule has 12 heteroatoms. The molecule has 0 aliphatic carbocycles. The Kier molecular flexibility index (Phi) is 85.5. The van der Waals surface area contributed by atoms with Gasteiger partial charge in [0, 0.05) is 94.5 Å². The van der Waals surface area contributed by atoms with Gasteiger partial charge in [-0.15, -0.1) is 12.8 Å². The largest absolute Gasteiger partial charge is 0.481 e. The van der Waals surface area contributed by atoms with E-state index in [1.807, 2.05) is 388 Å². The number of aliphatic carboxylic acids is 1. The molecule has 120 heavy (non-hydrogen) atoms. The van der Waals surface area contributed by atoms with Crippen LogP contribution in [0, 0.1) is 47.0 Å². The summed E-state index contributed by atoms with van der Waals surface area (Å²) >= 11 is 2.20. The monoisotopic (exact) mass is 1740 g/mol. The van der Waals surface area contributed by atoms with Crippen molar-refractivity contribution in [2.75, 3.05) is 30.4 Å². The lowest BCUT2D eigenvalue weighted by Crippen LogP contribution is -2.01. The number of unbranched alkanes of at least 4 members (excludes halogenated alkanes) is 2. The van der Waals surface area contributed by atoms with Crippen molar-refractivity contribution in [1.82, 2.24) is 9.97 Å². The van der Waals surface area contributed by atoms with Crippen LogP contribution in [-0.4, -0.2) is 46.2 Å². The number of H-pyrrole nitrogens is 2. The predicted octanol–water partition coefficient (Wildman–Crippen LogP) is 30.3. The molecule has 10 aromatic carbocycles. The number of nitrogen functional groups attached to an aromatic ring is 3. The number of carboxylic acids is 1. The third-order valence-corrected chi connectivity index (χ3v) is 15.3. The number of aromatic nitrogens is 2. The fourth-order valence-corrected chi connectivity index (χ4v) is 9.44. The van der Waals surface area contributed by atoms with E-state index in [0.29, 0.717) is 25.3 Å². The number of aromatic amines is 2. The highest BCUT2D eigenvalue weighted by Gasteiger charge is 2.15. The van der Waals surface area contributed by atoms with Gasteiger partial charge < -0.3 is 41.7 Å². The molecular weight excluding hydrogens is 1590 g/mol. The minimum atomic E-state index is -0.769. The number of benzene rings is 10. The molecule has 0 fully saturated rings. The van der Waals surface area contributed by atoms with Crippen molar-refractivity contribution in [2.45, 2.75) is 198 Å². The van der Waals surface area contributed by atoms with Crippen LogP contribution < -0.4 is 17.2 Å². The highest BCUT2D eigenvalue weighted by atomic mass is 127. The molecule has 646 valence electrons. The van der Waals surface area contributed by atoms with Gasteiger partial charge in [-0.1, -0.05) is 401 Å². The van der Waals surface area contributed by atoms with Crippen molar-refractivity contribution in [3.8, 4) is 59.0 Å². The second-order valence-electron chi connectivity index (χ2n) is 21.8. The summed E-state index contributed by atoms with van der Waals surface area (Å²) in [5.74, 6) is 9.73. The van der Waals surface area contributed by atoms with Gasteiger partial charge in [0.15, 0.2) is 0 Å². The van der Waals surface area contributed by atoms with E-state index in [1.54, 1.807) is 6.07 Å². The molecule has 0 bridgehead atoms. The SMILES string of the molecule is C#Cc1ccccc1.C#Cc1ccccc1N.C=CC(=O)OCCCC.CC.CC.CC.CC.CC.CC.CC.CC.CC.CC.CCCCOC(=O)/C=C/c1c(-c2ccccc2)[nH]c2ccccc12.Cc1ccccc1.Nc1ccccc1C#Cc1ccccc1.Nc1ccccc1I.O=C(O)CCc1c(-c2ccccc2)[nH]c2ccccc12. The number of nitrogens with two attached hydrogens (primary N) is 3. The number of carbonyl (C=O) groups is 3. The smallest absolute Gasteiger partial charge is 0.330 e.